The van der Waals surface area contributed by atoms with Crippen LogP contribution in [0, 0.1) is 13.8 Å². The molecule has 0 bridgehead atoms. The Hall–Kier alpha value is -4.04. The quantitative estimate of drug-likeness (QED) is 0.261. The third-order valence-corrected chi connectivity index (χ3v) is 7.22. The molecule has 4 aromatic heterocycles. The molecule has 0 amide bonds. The van der Waals surface area contributed by atoms with E-state index in [0.29, 0.717) is 5.75 Å². The van der Waals surface area contributed by atoms with Crippen LogP contribution in [0.5, 0.6) is 0 Å². The molecule has 7 nitrogen and oxygen atoms in total. The van der Waals surface area contributed by atoms with Crippen molar-refractivity contribution in [2.75, 3.05) is 0 Å². The van der Waals surface area contributed by atoms with Crippen LogP contribution >= 0.6 is 11.8 Å². The molecule has 0 N–H and O–H groups in total. The zero-order valence-electron chi connectivity index (χ0n) is 20.4. The molecule has 6 rings (SSSR count). The number of aryl methyl sites for hydroxylation is 2. The Balaban J connectivity index is 1.38. The SMILES string of the molecule is CCn1c(SCc2cn3c(C)cc(C)nc3n2)nnc1-c1cc(-c2ccccc2)nc2ccccc12. The molecule has 4 heterocycles. The Morgan fingerprint density at radius 2 is 1.67 bits per heavy atom. The van der Waals surface area contributed by atoms with Gasteiger partial charge in [-0.3, -0.25) is 4.40 Å². The summed E-state index contributed by atoms with van der Waals surface area (Å²) in [7, 11) is 0. The van der Waals surface area contributed by atoms with Crippen molar-refractivity contribution in [3.63, 3.8) is 0 Å². The van der Waals surface area contributed by atoms with Crippen LogP contribution < -0.4 is 0 Å². The van der Waals surface area contributed by atoms with E-state index in [9.17, 15) is 0 Å². The molecule has 0 saturated heterocycles. The molecule has 178 valence electrons. The van der Waals surface area contributed by atoms with Gasteiger partial charge < -0.3 is 4.57 Å². The maximum absolute atomic E-state index is 4.92. The second kappa shape index (κ2) is 9.20. The molecule has 8 heteroatoms. The monoisotopic (exact) mass is 491 g/mol. The summed E-state index contributed by atoms with van der Waals surface area (Å²) in [4.78, 5) is 14.2. The van der Waals surface area contributed by atoms with Gasteiger partial charge in [0.25, 0.3) is 0 Å². The van der Waals surface area contributed by atoms with Gasteiger partial charge in [-0.15, -0.1) is 10.2 Å². The molecule has 0 aliphatic rings. The third-order valence-electron chi connectivity index (χ3n) is 6.22. The van der Waals surface area contributed by atoms with Gasteiger partial charge in [-0.2, -0.15) is 0 Å². The van der Waals surface area contributed by atoms with E-state index in [4.69, 9.17) is 9.97 Å². The second-order valence-corrected chi connectivity index (χ2v) is 9.66. The normalized spacial score (nSPS) is 11.5. The molecule has 0 radical (unpaired) electrons. The fraction of sp³-hybridized carbons (Fsp3) is 0.179. The average molecular weight is 492 g/mol. The number of aromatic nitrogens is 7. The molecule has 2 aromatic carbocycles. The number of para-hydroxylation sites is 1. The maximum atomic E-state index is 4.92. The van der Waals surface area contributed by atoms with E-state index in [-0.39, 0.29) is 0 Å². The first kappa shape index (κ1) is 22.4. The highest BCUT2D eigenvalue weighted by atomic mass is 32.2. The van der Waals surface area contributed by atoms with Crippen molar-refractivity contribution in [2.24, 2.45) is 0 Å². The number of rotatable bonds is 6. The number of pyridine rings is 1. The van der Waals surface area contributed by atoms with Crippen LogP contribution in [0.4, 0.5) is 0 Å². The molecule has 6 aromatic rings. The lowest BCUT2D eigenvalue weighted by molar-refractivity contribution is 0.687. The van der Waals surface area contributed by atoms with Gasteiger partial charge in [0.1, 0.15) is 0 Å². The standard InChI is InChI=1S/C28H25N7S/c1-4-34-26(23-15-25(20-10-6-5-7-11-20)31-24-13-9-8-12-22(23)24)32-33-28(34)36-17-21-16-35-19(3)14-18(2)29-27(35)30-21/h5-16H,4,17H2,1-3H3. The van der Waals surface area contributed by atoms with Crippen molar-refractivity contribution in [1.82, 2.24) is 34.1 Å². The number of thioether (sulfide) groups is 1. The van der Waals surface area contributed by atoms with Crippen LogP contribution in [0.1, 0.15) is 24.0 Å². The van der Waals surface area contributed by atoms with Crippen LogP contribution in [-0.2, 0) is 12.3 Å². The van der Waals surface area contributed by atoms with Crippen LogP contribution in [0.15, 0.2) is 78.1 Å². The summed E-state index contributed by atoms with van der Waals surface area (Å²) in [5.74, 6) is 2.27. The van der Waals surface area contributed by atoms with Gasteiger partial charge >= 0.3 is 0 Å². The molecular weight excluding hydrogens is 466 g/mol. The van der Waals surface area contributed by atoms with Crippen molar-refractivity contribution in [2.45, 2.75) is 38.2 Å². The molecule has 0 unspecified atom stereocenters. The minimum Gasteiger partial charge on any atom is -0.302 e. The predicted molar refractivity (Wildman–Crippen MR) is 144 cm³/mol. The van der Waals surface area contributed by atoms with E-state index in [1.165, 1.54) is 0 Å². The molecule has 0 spiro atoms. The van der Waals surface area contributed by atoms with E-state index in [0.717, 1.165) is 68.1 Å². The first-order valence-electron chi connectivity index (χ1n) is 11.9. The van der Waals surface area contributed by atoms with Crippen molar-refractivity contribution in [3.05, 3.63) is 90.0 Å². The number of nitrogens with zero attached hydrogens (tertiary/aromatic N) is 7. The highest BCUT2D eigenvalue weighted by molar-refractivity contribution is 7.98. The largest absolute Gasteiger partial charge is 0.302 e. The van der Waals surface area contributed by atoms with Crippen molar-refractivity contribution in [1.29, 1.82) is 0 Å². The highest BCUT2D eigenvalue weighted by Crippen LogP contribution is 2.33. The summed E-state index contributed by atoms with van der Waals surface area (Å²) in [5.41, 5.74) is 7.03. The van der Waals surface area contributed by atoms with E-state index in [2.05, 4.69) is 76.2 Å². The molecule has 0 aliphatic carbocycles. The van der Waals surface area contributed by atoms with E-state index in [1.807, 2.05) is 41.7 Å². The minimum absolute atomic E-state index is 0.687. The second-order valence-electron chi connectivity index (χ2n) is 8.72. The highest BCUT2D eigenvalue weighted by Gasteiger charge is 2.18. The fourth-order valence-electron chi connectivity index (χ4n) is 4.52. The lowest BCUT2D eigenvalue weighted by Gasteiger charge is -2.11. The molecule has 0 fully saturated rings. The first-order chi connectivity index (χ1) is 17.6. The number of hydrogen-bond acceptors (Lipinski definition) is 6. The summed E-state index contributed by atoms with van der Waals surface area (Å²) in [6.45, 7) is 6.95. The van der Waals surface area contributed by atoms with Gasteiger partial charge in [0.15, 0.2) is 11.0 Å². The first-order valence-corrected chi connectivity index (χ1v) is 12.9. The summed E-state index contributed by atoms with van der Waals surface area (Å²) in [6.07, 6.45) is 2.06. The maximum Gasteiger partial charge on any atom is 0.234 e. The third kappa shape index (κ3) is 4.03. The molecule has 0 aliphatic heterocycles. The van der Waals surface area contributed by atoms with Crippen LogP contribution in [0.2, 0.25) is 0 Å². The Kier molecular flexibility index (Phi) is 5.73. The van der Waals surface area contributed by atoms with Gasteiger partial charge in [0, 0.05) is 46.4 Å². The van der Waals surface area contributed by atoms with Crippen LogP contribution in [0.3, 0.4) is 0 Å². The van der Waals surface area contributed by atoms with E-state index >= 15 is 0 Å². The van der Waals surface area contributed by atoms with Crippen LogP contribution in [0.25, 0.3) is 39.3 Å². The summed E-state index contributed by atoms with van der Waals surface area (Å²) < 4.78 is 4.21. The predicted octanol–water partition coefficient (Wildman–Crippen LogP) is 6.13. The Morgan fingerprint density at radius 3 is 2.50 bits per heavy atom. The van der Waals surface area contributed by atoms with Crippen molar-refractivity contribution < 1.29 is 0 Å². The number of hydrogen-bond donors (Lipinski definition) is 0. The van der Waals surface area contributed by atoms with E-state index in [1.54, 1.807) is 11.8 Å². The zero-order valence-corrected chi connectivity index (χ0v) is 21.2. The molecule has 36 heavy (non-hydrogen) atoms. The smallest absolute Gasteiger partial charge is 0.234 e. The number of fused-ring (bicyclic) bond motifs is 2. The minimum atomic E-state index is 0.687. The van der Waals surface area contributed by atoms with Gasteiger partial charge in [0.2, 0.25) is 5.78 Å². The molecule has 0 atom stereocenters. The Morgan fingerprint density at radius 1 is 0.861 bits per heavy atom. The Labute approximate surface area is 213 Å². The summed E-state index contributed by atoms with van der Waals surface area (Å²) in [6, 6.07) is 22.7. The number of benzene rings is 2. The van der Waals surface area contributed by atoms with Crippen molar-refractivity contribution in [3.8, 4) is 22.6 Å². The lowest BCUT2D eigenvalue weighted by atomic mass is 10.0. The molecular formula is C28H25N7S. The topological polar surface area (TPSA) is 73.8 Å². The van der Waals surface area contributed by atoms with Crippen LogP contribution in [-0.4, -0.2) is 34.1 Å². The lowest BCUT2D eigenvalue weighted by Crippen LogP contribution is -2.01. The van der Waals surface area contributed by atoms with Crippen molar-refractivity contribution >= 4 is 28.4 Å². The van der Waals surface area contributed by atoms with Gasteiger partial charge in [0.05, 0.1) is 16.9 Å². The number of imidazole rings is 1. The zero-order chi connectivity index (χ0) is 24.6. The summed E-state index contributed by atoms with van der Waals surface area (Å²) >= 11 is 1.64. The van der Waals surface area contributed by atoms with Gasteiger partial charge in [-0.25, -0.2) is 15.0 Å². The van der Waals surface area contributed by atoms with Gasteiger partial charge in [-0.05, 0) is 39.0 Å². The average Bonchev–Trinajstić information content (AvgIpc) is 3.51. The van der Waals surface area contributed by atoms with Gasteiger partial charge in [-0.1, -0.05) is 60.3 Å². The summed E-state index contributed by atoms with van der Waals surface area (Å²) in [5, 5.41) is 11.2. The fourth-order valence-corrected chi connectivity index (χ4v) is 5.41. The van der Waals surface area contributed by atoms with E-state index < -0.39 is 0 Å². The molecule has 0 saturated carbocycles. The Bertz CT molecular complexity index is 1700.